The third-order valence-electron chi connectivity index (χ3n) is 3.57. The zero-order valence-electron chi connectivity index (χ0n) is 12.8. The molecule has 0 aliphatic heterocycles. The van der Waals surface area contributed by atoms with Crippen molar-refractivity contribution < 1.29 is 19.4 Å². The van der Waals surface area contributed by atoms with Crippen molar-refractivity contribution in [3.8, 4) is 5.75 Å². The van der Waals surface area contributed by atoms with E-state index in [9.17, 15) is 9.59 Å². The van der Waals surface area contributed by atoms with E-state index in [1.54, 1.807) is 7.11 Å². The zero-order chi connectivity index (χ0) is 15.8. The van der Waals surface area contributed by atoms with Gasteiger partial charge < -0.3 is 15.2 Å². The Morgan fingerprint density at radius 1 is 1.38 bits per heavy atom. The Hall–Kier alpha value is -2.04. The van der Waals surface area contributed by atoms with Crippen LogP contribution < -0.4 is 10.1 Å². The standard InChI is InChI=1S/C16H23NO4/c1-4-11(2)15(16(19)20)17-14(18)9-8-12-6-5-7-13(10-12)21-3/h5-7,10-11,15H,4,8-9H2,1-3H3,(H,17,18)(H,19,20)/t11-,15-/m0/s1. The van der Waals surface area contributed by atoms with Gasteiger partial charge in [0, 0.05) is 6.42 Å². The molecular formula is C16H23NO4. The number of carboxylic acid groups (broad SMARTS) is 1. The van der Waals surface area contributed by atoms with Crippen molar-refractivity contribution in [3.63, 3.8) is 0 Å². The molecule has 1 amide bonds. The molecule has 0 spiro atoms. The van der Waals surface area contributed by atoms with Gasteiger partial charge in [0.25, 0.3) is 0 Å². The molecule has 5 nitrogen and oxygen atoms in total. The first-order valence-corrected chi connectivity index (χ1v) is 7.13. The van der Waals surface area contributed by atoms with Crippen molar-refractivity contribution >= 4 is 11.9 Å². The number of carbonyl (C=O) groups is 2. The van der Waals surface area contributed by atoms with E-state index >= 15 is 0 Å². The number of nitrogens with one attached hydrogen (secondary N) is 1. The molecule has 116 valence electrons. The van der Waals surface area contributed by atoms with Crippen molar-refractivity contribution in [2.45, 2.75) is 39.2 Å². The van der Waals surface area contributed by atoms with Crippen molar-refractivity contribution in [3.05, 3.63) is 29.8 Å². The van der Waals surface area contributed by atoms with Gasteiger partial charge in [0.2, 0.25) is 5.91 Å². The summed E-state index contributed by atoms with van der Waals surface area (Å²) in [5.74, 6) is -0.580. The zero-order valence-corrected chi connectivity index (χ0v) is 12.8. The van der Waals surface area contributed by atoms with Crippen molar-refractivity contribution in [2.24, 2.45) is 5.92 Å². The Morgan fingerprint density at radius 3 is 2.67 bits per heavy atom. The average molecular weight is 293 g/mol. The SMILES string of the molecule is CC[C@H](C)[C@H](NC(=O)CCc1cccc(OC)c1)C(=O)O. The van der Waals surface area contributed by atoms with Gasteiger partial charge in [-0.2, -0.15) is 0 Å². The first-order valence-electron chi connectivity index (χ1n) is 7.13. The maximum atomic E-state index is 11.9. The first-order chi connectivity index (χ1) is 9.97. The fourth-order valence-corrected chi connectivity index (χ4v) is 2.01. The van der Waals surface area contributed by atoms with Crippen LogP contribution in [0.4, 0.5) is 0 Å². The smallest absolute Gasteiger partial charge is 0.326 e. The monoisotopic (exact) mass is 293 g/mol. The molecule has 21 heavy (non-hydrogen) atoms. The van der Waals surface area contributed by atoms with Gasteiger partial charge in [-0.05, 0) is 30.0 Å². The maximum absolute atomic E-state index is 11.9. The number of hydrogen-bond acceptors (Lipinski definition) is 3. The van der Waals surface area contributed by atoms with Crippen molar-refractivity contribution in [2.75, 3.05) is 7.11 Å². The van der Waals surface area contributed by atoms with E-state index in [0.717, 1.165) is 11.3 Å². The molecule has 0 saturated carbocycles. The lowest BCUT2D eigenvalue weighted by Gasteiger charge is -2.20. The molecule has 2 atom stereocenters. The van der Waals surface area contributed by atoms with E-state index in [1.807, 2.05) is 38.1 Å². The van der Waals surface area contributed by atoms with Gasteiger partial charge in [-0.25, -0.2) is 4.79 Å². The maximum Gasteiger partial charge on any atom is 0.326 e. The van der Waals surface area contributed by atoms with Crippen LogP contribution in [0, 0.1) is 5.92 Å². The number of carbonyl (C=O) groups excluding carboxylic acids is 1. The molecule has 1 aromatic carbocycles. The minimum atomic E-state index is -0.987. The third-order valence-corrected chi connectivity index (χ3v) is 3.57. The number of benzene rings is 1. The van der Waals surface area contributed by atoms with E-state index in [0.29, 0.717) is 12.8 Å². The highest BCUT2D eigenvalue weighted by Crippen LogP contribution is 2.14. The summed E-state index contributed by atoms with van der Waals surface area (Å²) in [6.45, 7) is 3.73. The fourth-order valence-electron chi connectivity index (χ4n) is 2.01. The highest BCUT2D eigenvalue weighted by Gasteiger charge is 2.24. The van der Waals surface area contributed by atoms with Gasteiger partial charge >= 0.3 is 5.97 Å². The number of aliphatic carboxylic acids is 1. The molecule has 1 aromatic rings. The predicted octanol–water partition coefficient (Wildman–Crippen LogP) is 2.24. The summed E-state index contributed by atoms with van der Waals surface area (Å²) in [4.78, 5) is 23.1. The normalized spacial score (nSPS) is 13.3. The fraction of sp³-hybridized carbons (Fsp3) is 0.500. The second-order valence-electron chi connectivity index (χ2n) is 5.12. The molecule has 2 N–H and O–H groups in total. The largest absolute Gasteiger partial charge is 0.497 e. The van der Waals surface area contributed by atoms with Crippen LogP contribution in [0.25, 0.3) is 0 Å². The molecule has 0 unspecified atom stereocenters. The number of rotatable bonds is 8. The van der Waals surface area contributed by atoms with Crippen LogP contribution in [-0.2, 0) is 16.0 Å². The number of methoxy groups -OCH3 is 1. The molecule has 5 heteroatoms. The molecule has 0 heterocycles. The quantitative estimate of drug-likeness (QED) is 0.770. The lowest BCUT2D eigenvalue weighted by atomic mass is 9.99. The summed E-state index contributed by atoms with van der Waals surface area (Å²) in [7, 11) is 1.59. The topological polar surface area (TPSA) is 75.6 Å². The molecule has 0 fully saturated rings. The second-order valence-corrected chi connectivity index (χ2v) is 5.12. The van der Waals surface area contributed by atoms with Gasteiger partial charge in [0.15, 0.2) is 0 Å². The van der Waals surface area contributed by atoms with Crippen LogP contribution in [0.1, 0.15) is 32.3 Å². The molecule has 0 radical (unpaired) electrons. The summed E-state index contributed by atoms with van der Waals surface area (Å²) < 4.78 is 5.13. The van der Waals surface area contributed by atoms with Crippen LogP contribution in [0.2, 0.25) is 0 Å². The lowest BCUT2D eigenvalue weighted by Crippen LogP contribution is -2.45. The molecule has 0 aliphatic rings. The van der Waals surface area contributed by atoms with E-state index in [4.69, 9.17) is 9.84 Å². The molecule has 1 rings (SSSR count). The van der Waals surface area contributed by atoms with E-state index in [-0.39, 0.29) is 18.2 Å². The first kappa shape index (κ1) is 17.0. The van der Waals surface area contributed by atoms with Gasteiger partial charge in [-0.1, -0.05) is 32.4 Å². The molecule has 0 aromatic heterocycles. The van der Waals surface area contributed by atoms with Gasteiger partial charge in [-0.15, -0.1) is 0 Å². The minimum Gasteiger partial charge on any atom is -0.497 e. The Kier molecular flexibility index (Phi) is 6.72. The molecular weight excluding hydrogens is 270 g/mol. The minimum absolute atomic E-state index is 0.0942. The average Bonchev–Trinajstić information content (AvgIpc) is 2.49. The summed E-state index contributed by atoms with van der Waals surface area (Å²) >= 11 is 0. The van der Waals surface area contributed by atoms with Gasteiger partial charge in [0.05, 0.1) is 7.11 Å². The van der Waals surface area contributed by atoms with E-state index in [1.165, 1.54) is 0 Å². The number of ether oxygens (including phenoxy) is 1. The molecule has 0 bridgehead atoms. The highest BCUT2D eigenvalue weighted by molar-refractivity contribution is 5.83. The van der Waals surface area contributed by atoms with Crippen LogP contribution in [-0.4, -0.2) is 30.1 Å². The van der Waals surface area contributed by atoms with Crippen molar-refractivity contribution in [1.29, 1.82) is 0 Å². The Bertz CT molecular complexity index is 487. The molecule has 0 aliphatic carbocycles. The van der Waals surface area contributed by atoms with Crippen molar-refractivity contribution in [1.82, 2.24) is 5.32 Å². The third kappa shape index (κ3) is 5.45. The summed E-state index contributed by atoms with van der Waals surface area (Å²) in [6.07, 6.45) is 1.51. The second kappa shape index (κ2) is 8.29. The summed E-state index contributed by atoms with van der Waals surface area (Å²) in [5, 5.41) is 11.7. The van der Waals surface area contributed by atoms with E-state index in [2.05, 4.69) is 5.32 Å². The van der Waals surface area contributed by atoms with Crippen LogP contribution in [0.15, 0.2) is 24.3 Å². The number of aryl methyl sites for hydroxylation is 1. The predicted molar refractivity (Wildman–Crippen MR) is 80.3 cm³/mol. The van der Waals surface area contributed by atoms with E-state index < -0.39 is 12.0 Å². The summed E-state index contributed by atoms with van der Waals surface area (Å²) in [5.41, 5.74) is 0.986. The van der Waals surface area contributed by atoms with Crippen LogP contribution >= 0.6 is 0 Å². The van der Waals surface area contributed by atoms with Gasteiger partial charge in [0.1, 0.15) is 11.8 Å². The van der Waals surface area contributed by atoms with Gasteiger partial charge in [-0.3, -0.25) is 4.79 Å². The van der Waals surface area contributed by atoms with Crippen LogP contribution in [0.3, 0.4) is 0 Å². The Morgan fingerprint density at radius 2 is 2.10 bits per heavy atom. The summed E-state index contributed by atoms with van der Waals surface area (Å²) in [6, 6.07) is 6.67. The highest BCUT2D eigenvalue weighted by atomic mass is 16.5. The number of amides is 1. The van der Waals surface area contributed by atoms with Crippen LogP contribution in [0.5, 0.6) is 5.75 Å². The number of hydrogen-bond donors (Lipinski definition) is 2. The Labute approximate surface area is 125 Å². The molecule has 0 saturated heterocycles. The number of carboxylic acids is 1. The lowest BCUT2D eigenvalue weighted by molar-refractivity contribution is -0.143. The Balaban J connectivity index is 2.54.